The van der Waals surface area contributed by atoms with Gasteiger partial charge < -0.3 is 14.9 Å². The SMILES string of the molecule is O=C([O-])C(Cc1c[nH]c2ccccc12)NSc1ccccc1[N+](=O)[O-]. The third-order valence-electron chi connectivity index (χ3n) is 3.76. The summed E-state index contributed by atoms with van der Waals surface area (Å²) in [5, 5.41) is 23.4. The predicted octanol–water partition coefficient (Wildman–Crippen LogP) is 2.03. The minimum absolute atomic E-state index is 0.0795. The van der Waals surface area contributed by atoms with E-state index in [4.69, 9.17) is 0 Å². The number of hydrogen-bond donors (Lipinski definition) is 2. The molecule has 1 aromatic heterocycles. The van der Waals surface area contributed by atoms with Gasteiger partial charge in [0, 0.05) is 23.2 Å². The Kier molecular flexibility index (Phi) is 5.01. The Balaban J connectivity index is 1.77. The zero-order chi connectivity index (χ0) is 17.8. The minimum Gasteiger partial charge on any atom is -0.548 e. The normalized spacial score (nSPS) is 12.2. The van der Waals surface area contributed by atoms with Crippen molar-refractivity contribution in [1.82, 2.24) is 9.71 Å². The van der Waals surface area contributed by atoms with Gasteiger partial charge in [-0.3, -0.25) is 14.8 Å². The van der Waals surface area contributed by atoms with Crippen molar-refractivity contribution in [2.75, 3.05) is 0 Å². The first-order chi connectivity index (χ1) is 12.1. The molecule has 0 bridgehead atoms. The van der Waals surface area contributed by atoms with Crippen LogP contribution in [0.1, 0.15) is 5.56 Å². The molecule has 0 spiro atoms. The molecule has 0 saturated heterocycles. The summed E-state index contributed by atoms with van der Waals surface area (Å²) in [4.78, 5) is 25.4. The first kappa shape index (κ1) is 17.0. The van der Waals surface area contributed by atoms with E-state index < -0.39 is 16.9 Å². The van der Waals surface area contributed by atoms with E-state index in [0.29, 0.717) is 4.90 Å². The van der Waals surface area contributed by atoms with Crippen molar-refractivity contribution in [2.45, 2.75) is 17.4 Å². The van der Waals surface area contributed by atoms with Gasteiger partial charge in [-0.2, -0.15) is 0 Å². The lowest BCUT2D eigenvalue weighted by molar-refractivity contribution is -0.387. The summed E-state index contributed by atoms with van der Waals surface area (Å²) in [5.74, 6) is -1.27. The maximum atomic E-state index is 11.5. The Morgan fingerprint density at radius 3 is 2.68 bits per heavy atom. The summed E-state index contributed by atoms with van der Waals surface area (Å²) in [6, 6.07) is 12.7. The Labute approximate surface area is 147 Å². The fourth-order valence-electron chi connectivity index (χ4n) is 2.52. The fourth-order valence-corrected chi connectivity index (χ4v) is 3.36. The molecule has 3 aromatic rings. The van der Waals surface area contributed by atoms with Crippen LogP contribution in [0.5, 0.6) is 0 Å². The quantitative estimate of drug-likeness (QED) is 0.381. The molecule has 0 aliphatic heterocycles. The van der Waals surface area contributed by atoms with Gasteiger partial charge >= 0.3 is 0 Å². The lowest BCUT2D eigenvalue weighted by Gasteiger charge is -2.18. The molecular formula is C17H14N3O4S-. The number of aromatic nitrogens is 1. The number of aromatic amines is 1. The average Bonchev–Trinajstić information content (AvgIpc) is 3.01. The number of H-pyrrole nitrogens is 1. The summed E-state index contributed by atoms with van der Waals surface area (Å²) in [6.07, 6.45) is 1.96. The minimum atomic E-state index is -1.27. The Morgan fingerprint density at radius 1 is 1.20 bits per heavy atom. The van der Waals surface area contributed by atoms with E-state index in [9.17, 15) is 20.0 Å². The highest BCUT2D eigenvalue weighted by Crippen LogP contribution is 2.27. The van der Waals surface area contributed by atoms with Gasteiger partial charge in [0.1, 0.15) is 4.90 Å². The lowest BCUT2D eigenvalue weighted by Crippen LogP contribution is -2.44. The molecule has 1 atom stereocenters. The standard InChI is InChI=1S/C17H15N3O4S/c21-17(22)14(9-11-10-18-13-6-2-1-5-12(11)13)19-25-16-8-4-3-7-15(16)20(23)24/h1-8,10,14,18-19H,9H2,(H,21,22)/p-1. The first-order valence-corrected chi connectivity index (χ1v) is 8.29. The van der Waals surface area contributed by atoms with E-state index in [0.717, 1.165) is 28.4 Å². The molecule has 0 radical (unpaired) electrons. The predicted molar refractivity (Wildman–Crippen MR) is 92.9 cm³/mol. The largest absolute Gasteiger partial charge is 0.548 e. The topological polar surface area (TPSA) is 111 Å². The van der Waals surface area contributed by atoms with Crippen molar-refractivity contribution in [3.63, 3.8) is 0 Å². The number of benzene rings is 2. The number of nitro groups is 1. The molecule has 25 heavy (non-hydrogen) atoms. The van der Waals surface area contributed by atoms with E-state index in [1.165, 1.54) is 6.07 Å². The number of carbonyl (C=O) groups is 1. The molecule has 0 saturated carbocycles. The second-order valence-electron chi connectivity index (χ2n) is 5.38. The van der Waals surface area contributed by atoms with Crippen LogP contribution in [0.4, 0.5) is 5.69 Å². The van der Waals surface area contributed by atoms with Crippen molar-refractivity contribution in [1.29, 1.82) is 0 Å². The van der Waals surface area contributed by atoms with Crippen LogP contribution in [0.15, 0.2) is 59.6 Å². The van der Waals surface area contributed by atoms with Crippen LogP contribution in [0.2, 0.25) is 0 Å². The van der Waals surface area contributed by atoms with Gasteiger partial charge in [-0.1, -0.05) is 30.3 Å². The number of carbonyl (C=O) groups excluding carboxylic acids is 1. The van der Waals surface area contributed by atoms with E-state index in [-0.39, 0.29) is 12.1 Å². The molecule has 8 heteroatoms. The highest BCUT2D eigenvalue weighted by Gasteiger charge is 2.17. The number of carboxylic acid groups (broad SMARTS) is 1. The molecule has 0 fully saturated rings. The van der Waals surface area contributed by atoms with Crippen LogP contribution in [-0.4, -0.2) is 21.9 Å². The summed E-state index contributed by atoms with van der Waals surface area (Å²) >= 11 is 0.916. The molecule has 2 aromatic carbocycles. The van der Waals surface area contributed by atoms with E-state index in [2.05, 4.69) is 9.71 Å². The monoisotopic (exact) mass is 356 g/mol. The van der Waals surface area contributed by atoms with Crippen LogP contribution in [0, 0.1) is 10.1 Å². The van der Waals surface area contributed by atoms with Crippen LogP contribution >= 0.6 is 11.9 Å². The number of carboxylic acids is 1. The number of nitrogens with zero attached hydrogens (tertiary/aromatic N) is 1. The number of nitro benzene ring substituents is 1. The summed E-state index contributed by atoms with van der Waals surface area (Å²) < 4.78 is 2.77. The second kappa shape index (κ2) is 7.37. The van der Waals surface area contributed by atoms with Crippen molar-refractivity contribution in [3.05, 3.63) is 70.4 Å². The van der Waals surface area contributed by atoms with Gasteiger partial charge in [-0.15, -0.1) is 0 Å². The number of hydrogen-bond acceptors (Lipinski definition) is 6. The molecule has 1 unspecified atom stereocenters. The highest BCUT2D eigenvalue weighted by atomic mass is 32.2. The number of rotatable bonds is 7. The van der Waals surface area contributed by atoms with Crippen molar-refractivity contribution < 1.29 is 14.8 Å². The maximum absolute atomic E-state index is 11.5. The van der Waals surface area contributed by atoms with Crippen LogP contribution in [0.25, 0.3) is 10.9 Å². The number of para-hydroxylation sites is 2. The number of aliphatic carboxylic acids is 1. The van der Waals surface area contributed by atoms with Crippen molar-refractivity contribution in [2.24, 2.45) is 0 Å². The Bertz CT molecular complexity index is 925. The maximum Gasteiger partial charge on any atom is 0.284 e. The zero-order valence-electron chi connectivity index (χ0n) is 13.0. The number of fused-ring (bicyclic) bond motifs is 1. The summed E-state index contributed by atoms with van der Waals surface area (Å²) in [5.41, 5.74) is 1.67. The van der Waals surface area contributed by atoms with Crippen molar-refractivity contribution in [3.8, 4) is 0 Å². The van der Waals surface area contributed by atoms with Gasteiger partial charge in [0.05, 0.1) is 16.9 Å². The van der Waals surface area contributed by atoms with Crippen LogP contribution in [-0.2, 0) is 11.2 Å². The highest BCUT2D eigenvalue weighted by molar-refractivity contribution is 7.97. The van der Waals surface area contributed by atoms with Gasteiger partial charge in [-0.25, -0.2) is 0 Å². The van der Waals surface area contributed by atoms with Crippen molar-refractivity contribution >= 4 is 34.5 Å². The smallest absolute Gasteiger partial charge is 0.284 e. The molecular weight excluding hydrogens is 342 g/mol. The molecule has 0 aliphatic carbocycles. The molecule has 0 amide bonds. The second-order valence-corrected chi connectivity index (χ2v) is 6.26. The van der Waals surface area contributed by atoms with Gasteiger partial charge in [0.2, 0.25) is 0 Å². The third kappa shape index (κ3) is 3.81. The molecule has 7 nitrogen and oxygen atoms in total. The van der Waals surface area contributed by atoms with Crippen LogP contribution < -0.4 is 9.83 Å². The summed E-state index contributed by atoms with van der Waals surface area (Å²) in [6.45, 7) is 0. The lowest BCUT2D eigenvalue weighted by atomic mass is 10.1. The molecule has 1 heterocycles. The van der Waals surface area contributed by atoms with E-state index in [1.54, 1.807) is 24.4 Å². The van der Waals surface area contributed by atoms with E-state index >= 15 is 0 Å². The van der Waals surface area contributed by atoms with Gasteiger partial charge in [0.25, 0.3) is 5.69 Å². The molecule has 2 N–H and O–H groups in total. The molecule has 0 aliphatic rings. The zero-order valence-corrected chi connectivity index (χ0v) is 13.8. The number of nitrogens with one attached hydrogen (secondary N) is 2. The third-order valence-corrected chi connectivity index (χ3v) is 4.72. The average molecular weight is 356 g/mol. The first-order valence-electron chi connectivity index (χ1n) is 7.48. The summed E-state index contributed by atoms with van der Waals surface area (Å²) in [7, 11) is 0. The Hall–Kier alpha value is -2.84. The van der Waals surface area contributed by atoms with E-state index in [1.807, 2.05) is 24.3 Å². The van der Waals surface area contributed by atoms with Gasteiger partial charge in [0.15, 0.2) is 0 Å². The Morgan fingerprint density at radius 2 is 1.92 bits per heavy atom. The molecule has 3 rings (SSSR count). The van der Waals surface area contributed by atoms with Crippen LogP contribution in [0.3, 0.4) is 0 Å². The van der Waals surface area contributed by atoms with Gasteiger partial charge in [-0.05, 0) is 36.1 Å². The fraction of sp³-hybridized carbons (Fsp3) is 0.118. The molecule has 128 valence electrons.